The number of hydrazone groups is 1. The summed E-state index contributed by atoms with van der Waals surface area (Å²) in [4.78, 5) is 13.0. The van der Waals surface area contributed by atoms with Crippen molar-refractivity contribution < 1.29 is 22.7 Å². The lowest BCUT2D eigenvalue weighted by atomic mass is 10.2. The van der Waals surface area contributed by atoms with E-state index >= 15 is 0 Å². The predicted octanol–water partition coefficient (Wildman–Crippen LogP) is 6.28. The van der Waals surface area contributed by atoms with Gasteiger partial charge in [-0.05, 0) is 86.0 Å². The smallest absolute Gasteiger partial charge is 0.264 e. The SMILES string of the molecule is CCOc1cc(/C=N\NC(=O)CN(c2ccc(Cl)cc2C)S(=O)(=O)c2ccc(C)cc2)ccc1OCc1ccccc1. The van der Waals surface area contributed by atoms with Crippen LogP contribution in [0.3, 0.4) is 0 Å². The van der Waals surface area contributed by atoms with Crippen molar-refractivity contribution in [2.24, 2.45) is 5.10 Å². The molecule has 0 atom stereocenters. The molecule has 4 aromatic carbocycles. The first-order chi connectivity index (χ1) is 20.2. The zero-order valence-corrected chi connectivity index (χ0v) is 25.2. The van der Waals surface area contributed by atoms with Gasteiger partial charge in [0.15, 0.2) is 11.5 Å². The highest BCUT2D eigenvalue weighted by Gasteiger charge is 2.28. The number of rotatable bonds is 12. The highest BCUT2D eigenvalue weighted by molar-refractivity contribution is 7.92. The van der Waals surface area contributed by atoms with Crippen LogP contribution in [0.5, 0.6) is 11.5 Å². The molecule has 0 aliphatic heterocycles. The summed E-state index contributed by atoms with van der Waals surface area (Å²) in [5.41, 5.74) is 5.98. The number of carbonyl (C=O) groups excluding carboxylic acids is 1. The van der Waals surface area contributed by atoms with Crippen LogP contribution in [0, 0.1) is 13.8 Å². The highest BCUT2D eigenvalue weighted by Crippen LogP contribution is 2.30. The third kappa shape index (κ3) is 7.90. The number of nitrogens with zero attached hydrogens (tertiary/aromatic N) is 2. The number of aryl methyl sites for hydroxylation is 2. The molecule has 0 bridgehead atoms. The van der Waals surface area contributed by atoms with Crippen LogP contribution < -0.4 is 19.2 Å². The number of nitrogens with one attached hydrogen (secondary N) is 1. The molecule has 0 spiro atoms. The number of ether oxygens (including phenoxy) is 2. The van der Waals surface area contributed by atoms with Crippen molar-refractivity contribution in [2.45, 2.75) is 32.3 Å². The van der Waals surface area contributed by atoms with Gasteiger partial charge in [-0.2, -0.15) is 5.10 Å². The van der Waals surface area contributed by atoms with E-state index in [1.54, 1.807) is 55.5 Å². The molecule has 0 unspecified atom stereocenters. The average molecular weight is 606 g/mol. The van der Waals surface area contributed by atoms with Crippen LogP contribution in [-0.4, -0.2) is 33.7 Å². The Kier molecular flexibility index (Phi) is 10.2. The number of carbonyl (C=O) groups is 1. The van der Waals surface area contributed by atoms with E-state index in [-0.39, 0.29) is 4.90 Å². The van der Waals surface area contributed by atoms with Crippen molar-refractivity contribution in [1.82, 2.24) is 5.43 Å². The van der Waals surface area contributed by atoms with Crippen molar-refractivity contribution in [3.05, 3.63) is 118 Å². The number of anilines is 1. The Hall–Kier alpha value is -4.34. The van der Waals surface area contributed by atoms with E-state index in [2.05, 4.69) is 10.5 Å². The quantitative estimate of drug-likeness (QED) is 0.151. The zero-order valence-electron chi connectivity index (χ0n) is 23.6. The van der Waals surface area contributed by atoms with Gasteiger partial charge < -0.3 is 9.47 Å². The molecule has 0 fully saturated rings. The Morgan fingerprint density at radius 1 is 0.929 bits per heavy atom. The number of sulfonamides is 1. The molecule has 4 aromatic rings. The molecule has 0 radical (unpaired) electrons. The fourth-order valence-electron chi connectivity index (χ4n) is 4.11. The van der Waals surface area contributed by atoms with Gasteiger partial charge in [-0.3, -0.25) is 9.10 Å². The summed E-state index contributed by atoms with van der Waals surface area (Å²) in [6.45, 7) is 5.81. The van der Waals surface area contributed by atoms with Crippen LogP contribution in [0.4, 0.5) is 5.69 Å². The average Bonchev–Trinajstić information content (AvgIpc) is 2.97. The molecule has 0 aliphatic carbocycles. The summed E-state index contributed by atoms with van der Waals surface area (Å²) in [5, 5.41) is 4.51. The second kappa shape index (κ2) is 14.0. The van der Waals surface area contributed by atoms with Crippen LogP contribution >= 0.6 is 11.6 Å². The predicted molar refractivity (Wildman–Crippen MR) is 166 cm³/mol. The lowest BCUT2D eigenvalue weighted by Crippen LogP contribution is -2.40. The maximum Gasteiger partial charge on any atom is 0.264 e. The molecule has 0 saturated heterocycles. The maximum atomic E-state index is 13.6. The van der Waals surface area contributed by atoms with Gasteiger partial charge in [0, 0.05) is 5.02 Å². The van der Waals surface area contributed by atoms with E-state index < -0.39 is 22.5 Å². The van der Waals surface area contributed by atoms with Crippen LogP contribution in [0.2, 0.25) is 5.02 Å². The third-order valence-electron chi connectivity index (χ3n) is 6.23. The van der Waals surface area contributed by atoms with E-state index in [1.807, 2.05) is 44.2 Å². The summed E-state index contributed by atoms with van der Waals surface area (Å²) in [6, 6.07) is 26.4. The number of halogens is 1. The summed E-state index contributed by atoms with van der Waals surface area (Å²) in [5.74, 6) is 0.499. The first kappa shape index (κ1) is 30.6. The molecule has 218 valence electrons. The van der Waals surface area contributed by atoms with Crippen molar-refractivity contribution >= 4 is 39.4 Å². The molecule has 0 aromatic heterocycles. The summed E-state index contributed by atoms with van der Waals surface area (Å²) in [6.07, 6.45) is 1.45. The first-order valence-corrected chi connectivity index (χ1v) is 15.1. The second-order valence-corrected chi connectivity index (χ2v) is 11.8. The molecular formula is C32H32ClN3O5S. The number of hydrogen-bond donors (Lipinski definition) is 1. The summed E-state index contributed by atoms with van der Waals surface area (Å²) >= 11 is 6.11. The Bertz CT molecular complexity index is 1660. The Balaban J connectivity index is 1.49. The van der Waals surface area contributed by atoms with Crippen molar-refractivity contribution in [3.63, 3.8) is 0 Å². The maximum absolute atomic E-state index is 13.6. The van der Waals surface area contributed by atoms with Crippen molar-refractivity contribution in [2.75, 3.05) is 17.5 Å². The zero-order chi connectivity index (χ0) is 30.1. The monoisotopic (exact) mass is 605 g/mol. The largest absolute Gasteiger partial charge is 0.490 e. The normalized spacial score (nSPS) is 11.3. The van der Waals surface area contributed by atoms with Gasteiger partial charge in [0.2, 0.25) is 0 Å². The Morgan fingerprint density at radius 2 is 1.67 bits per heavy atom. The third-order valence-corrected chi connectivity index (χ3v) is 8.24. The standard InChI is InChI=1S/C32H32ClN3O5S/c1-4-40-31-19-26(12-17-30(31)41-22-25-8-6-5-7-9-25)20-34-35-32(37)21-36(29-16-13-27(33)18-24(29)3)42(38,39)28-14-10-23(2)11-15-28/h5-20H,4,21-22H2,1-3H3,(H,35,37)/b34-20-. The molecule has 0 heterocycles. The molecule has 1 amide bonds. The van der Waals surface area contributed by atoms with Gasteiger partial charge in [0.1, 0.15) is 13.2 Å². The molecule has 4 rings (SSSR count). The van der Waals surface area contributed by atoms with Gasteiger partial charge in [0.05, 0.1) is 23.4 Å². The number of hydrogen-bond acceptors (Lipinski definition) is 6. The van der Waals surface area contributed by atoms with E-state index in [1.165, 1.54) is 18.3 Å². The fraction of sp³-hybridized carbons (Fsp3) is 0.188. The second-order valence-electron chi connectivity index (χ2n) is 9.46. The molecule has 0 aliphatic rings. The van der Waals surface area contributed by atoms with Gasteiger partial charge in [-0.25, -0.2) is 13.8 Å². The first-order valence-electron chi connectivity index (χ1n) is 13.3. The van der Waals surface area contributed by atoms with E-state index in [9.17, 15) is 13.2 Å². The lowest BCUT2D eigenvalue weighted by molar-refractivity contribution is -0.119. The van der Waals surface area contributed by atoms with Gasteiger partial charge in [-0.15, -0.1) is 0 Å². The fourth-order valence-corrected chi connectivity index (χ4v) is 5.82. The van der Waals surface area contributed by atoms with Crippen LogP contribution in [0.25, 0.3) is 0 Å². The van der Waals surface area contributed by atoms with E-state index in [4.69, 9.17) is 21.1 Å². The van der Waals surface area contributed by atoms with E-state index in [0.29, 0.717) is 46.5 Å². The number of amides is 1. The Labute approximate surface area is 251 Å². The molecule has 42 heavy (non-hydrogen) atoms. The summed E-state index contributed by atoms with van der Waals surface area (Å²) < 4.78 is 40.0. The van der Waals surface area contributed by atoms with Crippen molar-refractivity contribution in [1.29, 1.82) is 0 Å². The minimum atomic E-state index is -4.07. The minimum Gasteiger partial charge on any atom is -0.490 e. The van der Waals surface area contributed by atoms with Gasteiger partial charge in [0.25, 0.3) is 15.9 Å². The van der Waals surface area contributed by atoms with Crippen LogP contribution in [-0.2, 0) is 21.4 Å². The topological polar surface area (TPSA) is 97.3 Å². The van der Waals surface area contributed by atoms with Gasteiger partial charge >= 0.3 is 0 Å². The molecule has 1 N–H and O–H groups in total. The van der Waals surface area contributed by atoms with Crippen LogP contribution in [0.1, 0.15) is 29.2 Å². The summed E-state index contributed by atoms with van der Waals surface area (Å²) in [7, 11) is -4.07. The Morgan fingerprint density at radius 3 is 2.36 bits per heavy atom. The van der Waals surface area contributed by atoms with Crippen molar-refractivity contribution in [3.8, 4) is 11.5 Å². The van der Waals surface area contributed by atoms with Gasteiger partial charge in [-0.1, -0.05) is 59.6 Å². The lowest BCUT2D eigenvalue weighted by Gasteiger charge is -2.25. The van der Waals surface area contributed by atoms with Crippen LogP contribution in [0.15, 0.2) is 101 Å². The molecule has 8 nitrogen and oxygen atoms in total. The molecule has 10 heteroatoms. The minimum absolute atomic E-state index is 0.0665. The number of benzene rings is 4. The highest BCUT2D eigenvalue weighted by atomic mass is 35.5. The molecular weight excluding hydrogens is 574 g/mol. The molecule has 0 saturated carbocycles. The van der Waals surface area contributed by atoms with E-state index in [0.717, 1.165) is 15.4 Å².